The number of carbonyl (C=O) groups is 2. The van der Waals surface area contributed by atoms with Crippen LogP contribution in [0.5, 0.6) is 0 Å². The number of aryl methyl sites for hydroxylation is 1. The number of hydrogen-bond donors (Lipinski definition) is 1. The number of nitrogens with one attached hydrogen (secondary N) is 1. The van der Waals surface area contributed by atoms with Gasteiger partial charge in [-0.1, -0.05) is 12.1 Å². The van der Waals surface area contributed by atoms with Gasteiger partial charge in [0.2, 0.25) is 5.91 Å². The normalized spacial score (nSPS) is 13.7. The van der Waals surface area contributed by atoms with Crippen molar-refractivity contribution in [2.45, 2.75) is 19.4 Å². The Hall–Kier alpha value is -3.68. The quantitative estimate of drug-likeness (QED) is 0.720. The van der Waals surface area contributed by atoms with Crippen LogP contribution in [0.3, 0.4) is 0 Å². The van der Waals surface area contributed by atoms with Crippen LogP contribution in [0, 0.1) is 0 Å². The minimum atomic E-state index is -0.238. The van der Waals surface area contributed by atoms with E-state index in [0.29, 0.717) is 29.9 Å². The molecule has 8 heteroatoms. The molecule has 1 saturated heterocycles. The van der Waals surface area contributed by atoms with E-state index in [-0.39, 0.29) is 17.5 Å². The average Bonchev–Trinajstić information content (AvgIpc) is 3.28. The standard InChI is InChI=1S/C21H21N5O3/c1-24-14-22-26(21(24)29)18-10-8-17(9-11-18)23-20(28)16-6-4-15(5-7-16)13-25-12-2-3-19(25)27/h4-11,14H,2-3,12-13H2,1H3,(H,23,28). The zero-order valence-corrected chi connectivity index (χ0v) is 16.0. The number of carbonyl (C=O) groups excluding carboxylic acids is 2. The van der Waals surface area contributed by atoms with Crippen LogP contribution >= 0.6 is 0 Å². The van der Waals surface area contributed by atoms with Gasteiger partial charge in [0.25, 0.3) is 5.91 Å². The minimum Gasteiger partial charge on any atom is -0.338 e. The lowest BCUT2D eigenvalue weighted by molar-refractivity contribution is -0.128. The van der Waals surface area contributed by atoms with Gasteiger partial charge in [-0.05, 0) is 48.4 Å². The second kappa shape index (κ2) is 7.75. The van der Waals surface area contributed by atoms with Crippen molar-refractivity contribution >= 4 is 17.5 Å². The predicted octanol–water partition coefficient (Wildman–Crippen LogP) is 1.95. The van der Waals surface area contributed by atoms with E-state index in [2.05, 4.69) is 10.4 Å². The summed E-state index contributed by atoms with van der Waals surface area (Å²) in [6.45, 7) is 1.37. The number of nitrogens with zero attached hydrogens (tertiary/aromatic N) is 4. The molecule has 0 unspecified atom stereocenters. The first kappa shape index (κ1) is 18.7. The largest absolute Gasteiger partial charge is 0.350 e. The van der Waals surface area contributed by atoms with Crippen molar-refractivity contribution in [3.8, 4) is 5.69 Å². The summed E-state index contributed by atoms with van der Waals surface area (Å²) in [7, 11) is 1.63. The molecule has 0 bridgehead atoms. The van der Waals surface area contributed by atoms with E-state index in [0.717, 1.165) is 18.5 Å². The second-order valence-corrected chi connectivity index (χ2v) is 7.05. The van der Waals surface area contributed by atoms with Gasteiger partial charge in [0.05, 0.1) is 5.69 Å². The highest BCUT2D eigenvalue weighted by molar-refractivity contribution is 6.04. The maximum Gasteiger partial charge on any atom is 0.350 e. The number of amides is 2. The molecule has 2 heterocycles. The Labute approximate surface area is 167 Å². The fourth-order valence-electron chi connectivity index (χ4n) is 3.30. The first-order valence-corrected chi connectivity index (χ1v) is 9.40. The fraction of sp³-hybridized carbons (Fsp3) is 0.238. The molecule has 148 valence electrons. The number of likely N-dealkylation sites (tertiary alicyclic amines) is 1. The molecule has 8 nitrogen and oxygen atoms in total. The molecule has 3 aromatic rings. The molecule has 2 aromatic carbocycles. The van der Waals surface area contributed by atoms with Gasteiger partial charge in [0, 0.05) is 37.8 Å². The van der Waals surface area contributed by atoms with Gasteiger partial charge < -0.3 is 10.2 Å². The van der Waals surface area contributed by atoms with Gasteiger partial charge in [-0.15, -0.1) is 0 Å². The lowest BCUT2D eigenvalue weighted by atomic mass is 10.1. The molecule has 2 amide bonds. The minimum absolute atomic E-state index is 0.184. The molecule has 1 aliphatic rings. The molecule has 1 N–H and O–H groups in total. The van der Waals surface area contributed by atoms with Crippen LogP contribution in [-0.2, 0) is 18.4 Å². The van der Waals surface area contributed by atoms with Crippen LogP contribution in [0.4, 0.5) is 5.69 Å². The summed E-state index contributed by atoms with van der Waals surface area (Å²) in [5.74, 6) is -0.0419. The highest BCUT2D eigenvalue weighted by Crippen LogP contribution is 2.16. The Bertz CT molecular complexity index is 1100. The average molecular weight is 391 g/mol. The van der Waals surface area contributed by atoms with Crippen molar-refractivity contribution < 1.29 is 9.59 Å². The molecular formula is C21H21N5O3. The smallest absolute Gasteiger partial charge is 0.338 e. The number of anilines is 1. The molecule has 0 atom stereocenters. The summed E-state index contributed by atoms with van der Waals surface area (Å²) < 4.78 is 2.68. The summed E-state index contributed by atoms with van der Waals surface area (Å²) in [6.07, 6.45) is 2.97. The Morgan fingerprint density at radius 2 is 1.79 bits per heavy atom. The van der Waals surface area contributed by atoms with E-state index in [1.165, 1.54) is 15.6 Å². The van der Waals surface area contributed by atoms with E-state index < -0.39 is 0 Å². The first-order chi connectivity index (χ1) is 14.0. The predicted molar refractivity (Wildman–Crippen MR) is 108 cm³/mol. The molecule has 0 spiro atoms. The number of rotatable bonds is 5. The molecule has 1 aromatic heterocycles. The van der Waals surface area contributed by atoms with Crippen LogP contribution in [0.15, 0.2) is 59.7 Å². The van der Waals surface area contributed by atoms with E-state index in [9.17, 15) is 14.4 Å². The van der Waals surface area contributed by atoms with Crippen molar-refractivity contribution in [2.24, 2.45) is 7.05 Å². The van der Waals surface area contributed by atoms with Gasteiger partial charge >= 0.3 is 5.69 Å². The van der Waals surface area contributed by atoms with Gasteiger partial charge in [0.1, 0.15) is 6.33 Å². The maximum atomic E-state index is 12.5. The third-order valence-electron chi connectivity index (χ3n) is 4.95. The van der Waals surface area contributed by atoms with Crippen molar-refractivity contribution in [2.75, 3.05) is 11.9 Å². The van der Waals surface area contributed by atoms with Crippen LogP contribution in [-0.4, -0.2) is 37.6 Å². The third kappa shape index (κ3) is 3.96. The summed E-state index contributed by atoms with van der Waals surface area (Å²) in [4.78, 5) is 38.0. The number of benzene rings is 2. The van der Waals surface area contributed by atoms with E-state index in [1.54, 1.807) is 43.4 Å². The lowest BCUT2D eigenvalue weighted by Gasteiger charge is -2.15. The Kier molecular flexibility index (Phi) is 4.99. The SMILES string of the molecule is Cn1cnn(-c2ccc(NC(=O)c3ccc(CN4CCCC4=O)cc3)cc2)c1=O. The van der Waals surface area contributed by atoms with Crippen LogP contribution < -0.4 is 11.0 Å². The topological polar surface area (TPSA) is 89.2 Å². The molecule has 1 fully saturated rings. The van der Waals surface area contributed by atoms with E-state index >= 15 is 0 Å². The maximum absolute atomic E-state index is 12.5. The Balaban J connectivity index is 1.40. The fourth-order valence-corrected chi connectivity index (χ4v) is 3.30. The molecule has 0 aliphatic carbocycles. The van der Waals surface area contributed by atoms with Gasteiger partial charge in [0.15, 0.2) is 0 Å². The van der Waals surface area contributed by atoms with Crippen LogP contribution in [0.25, 0.3) is 5.69 Å². The highest BCUT2D eigenvalue weighted by atomic mass is 16.2. The molecule has 0 radical (unpaired) electrons. The monoisotopic (exact) mass is 391 g/mol. The van der Waals surface area contributed by atoms with Crippen molar-refractivity contribution in [1.29, 1.82) is 0 Å². The summed E-state index contributed by atoms with van der Waals surface area (Å²) in [6, 6.07) is 14.2. The van der Waals surface area contributed by atoms with Crippen molar-refractivity contribution in [1.82, 2.24) is 19.2 Å². The highest BCUT2D eigenvalue weighted by Gasteiger charge is 2.20. The number of hydrogen-bond acceptors (Lipinski definition) is 4. The van der Waals surface area contributed by atoms with Crippen LogP contribution in [0.2, 0.25) is 0 Å². The molecule has 1 aliphatic heterocycles. The first-order valence-electron chi connectivity index (χ1n) is 9.40. The second-order valence-electron chi connectivity index (χ2n) is 7.05. The Morgan fingerprint density at radius 1 is 1.07 bits per heavy atom. The van der Waals surface area contributed by atoms with E-state index in [1.807, 2.05) is 17.0 Å². The number of aromatic nitrogens is 3. The van der Waals surface area contributed by atoms with E-state index in [4.69, 9.17) is 0 Å². The third-order valence-corrected chi connectivity index (χ3v) is 4.95. The van der Waals surface area contributed by atoms with Gasteiger partial charge in [-0.2, -0.15) is 9.78 Å². The van der Waals surface area contributed by atoms with Crippen LogP contribution in [0.1, 0.15) is 28.8 Å². The zero-order chi connectivity index (χ0) is 20.4. The van der Waals surface area contributed by atoms with Crippen molar-refractivity contribution in [3.63, 3.8) is 0 Å². The molecular weight excluding hydrogens is 370 g/mol. The summed E-state index contributed by atoms with van der Waals surface area (Å²) in [5, 5.41) is 6.87. The molecule has 4 rings (SSSR count). The molecule has 29 heavy (non-hydrogen) atoms. The summed E-state index contributed by atoms with van der Waals surface area (Å²) in [5.41, 5.74) is 2.54. The Morgan fingerprint density at radius 3 is 2.38 bits per heavy atom. The zero-order valence-electron chi connectivity index (χ0n) is 16.0. The molecule has 0 saturated carbocycles. The van der Waals surface area contributed by atoms with Crippen molar-refractivity contribution in [3.05, 3.63) is 76.5 Å². The van der Waals surface area contributed by atoms with Gasteiger partial charge in [-0.25, -0.2) is 4.79 Å². The summed E-state index contributed by atoms with van der Waals surface area (Å²) >= 11 is 0. The lowest BCUT2D eigenvalue weighted by Crippen LogP contribution is -2.23. The van der Waals surface area contributed by atoms with Gasteiger partial charge in [-0.3, -0.25) is 14.2 Å².